The van der Waals surface area contributed by atoms with Gasteiger partial charge in [-0.1, -0.05) is 23.7 Å². The Bertz CT molecular complexity index is 780. The highest BCUT2D eigenvalue weighted by atomic mass is 35.5. The maximum Gasteiger partial charge on any atom is 0.201 e. The summed E-state index contributed by atoms with van der Waals surface area (Å²) in [5.74, 6) is 1.32. The third kappa shape index (κ3) is 2.43. The van der Waals surface area contributed by atoms with Gasteiger partial charge in [0, 0.05) is 5.02 Å². The van der Waals surface area contributed by atoms with Crippen LogP contribution in [0.15, 0.2) is 42.5 Å². The van der Waals surface area contributed by atoms with Crippen molar-refractivity contribution in [1.82, 2.24) is 9.55 Å². The van der Waals surface area contributed by atoms with Crippen molar-refractivity contribution in [2.24, 2.45) is 0 Å². The summed E-state index contributed by atoms with van der Waals surface area (Å²) < 4.78 is 7.20. The molecule has 0 saturated heterocycles. The predicted molar refractivity (Wildman–Crippen MR) is 86.0 cm³/mol. The zero-order valence-electron chi connectivity index (χ0n) is 11.9. The summed E-state index contributed by atoms with van der Waals surface area (Å²) in [7, 11) is 1.66. The van der Waals surface area contributed by atoms with Crippen LogP contribution in [0.5, 0.6) is 5.75 Å². The molecule has 1 aromatic heterocycles. The maximum absolute atomic E-state index is 6.08. The van der Waals surface area contributed by atoms with Gasteiger partial charge in [0.05, 0.1) is 24.2 Å². The first-order valence-electron chi connectivity index (χ1n) is 6.67. The highest BCUT2D eigenvalue weighted by Crippen LogP contribution is 2.29. The van der Waals surface area contributed by atoms with Gasteiger partial charge in [0.25, 0.3) is 0 Å². The van der Waals surface area contributed by atoms with Crippen molar-refractivity contribution in [3.63, 3.8) is 0 Å². The average molecular weight is 302 g/mol. The van der Waals surface area contributed by atoms with Crippen LogP contribution in [-0.4, -0.2) is 16.7 Å². The molecule has 2 aromatic carbocycles. The number of rotatable bonds is 3. The summed E-state index contributed by atoms with van der Waals surface area (Å²) in [6.45, 7) is 2.09. The van der Waals surface area contributed by atoms with E-state index in [1.807, 2.05) is 47.0 Å². The Morgan fingerprint density at radius 1 is 1.19 bits per heavy atom. The monoisotopic (exact) mass is 301 g/mol. The summed E-state index contributed by atoms with van der Waals surface area (Å²) in [6.07, 6.45) is 0. The van der Waals surface area contributed by atoms with Gasteiger partial charge >= 0.3 is 0 Å². The third-order valence-electron chi connectivity index (χ3n) is 3.66. The van der Waals surface area contributed by atoms with E-state index in [1.165, 1.54) is 0 Å². The van der Waals surface area contributed by atoms with E-state index in [4.69, 9.17) is 22.1 Å². The number of nitrogen functional groups attached to an aromatic ring is 1. The molecular formula is C16H16ClN3O. The SMILES string of the molecule is COc1ccc(C(C)n2c(N)nc3cc(Cl)ccc32)cc1. The molecule has 21 heavy (non-hydrogen) atoms. The van der Waals surface area contributed by atoms with Crippen LogP contribution in [0.1, 0.15) is 18.5 Å². The molecule has 0 amide bonds. The molecule has 0 aliphatic rings. The van der Waals surface area contributed by atoms with Crippen LogP contribution in [0.2, 0.25) is 5.02 Å². The van der Waals surface area contributed by atoms with Gasteiger partial charge in [-0.25, -0.2) is 4.98 Å². The van der Waals surface area contributed by atoms with E-state index in [1.54, 1.807) is 7.11 Å². The second kappa shape index (κ2) is 5.30. The van der Waals surface area contributed by atoms with Crippen molar-refractivity contribution in [2.75, 3.05) is 12.8 Å². The van der Waals surface area contributed by atoms with Gasteiger partial charge in [-0.15, -0.1) is 0 Å². The highest BCUT2D eigenvalue weighted by molar-refractivity contribution is 6.31. The molecule has 3 rings (SSSR count). The Balaban J connectivity index is 2.07. The van der Waals surface area contributed by atoms with Gasteiger partial charge < -0.3 is 15.0 Å². The number of nitrogens with two attached hydrogens (primary N) is 1. The first-order valence-corrected chi connectivity index (χ1v) is 7.05. The lowest BCUT2D eigenvalue weighted by molar-refractivity contribution is 0.414. The highest BCUT2D eigenvalue weighted by Gasteiger charge is 2.15. The van der Waals surface area contributed by atoms with Crippen molar-refractivity contribution in [1.29, 1.82) is 0 Å². The topological polar surface area (TPSA) is 53.1 Å². The summed E-state index contributed by atoms with van der Waals surface area (Å²) in [4.78, 5) is 4.39. The minimum atomic E-state index is 0.0714. The number of imidazole rings is 1. The van der Waals surface area contributed by atoms with Crippen LogP contribution in [0.3, 0.4) is 0 Å². The largest absolute Gasteiger partial charge is 0.497 e. The lowest BCUT2D eigenvalue weighted by Gasteiger charge is -2.17. The molecule has 5 heteroatoms. The van der Waals surface area contributed by atoms with Crippen LogP contribution < -0.4 is 10.5 Å². The standard InChI is InChI=1S/C16H16ClN3O/c1-10(11-3-6-13(21-2)7-4-11)20-15-8-5-12(17)9-14(15)19-16(20)18/h3-10H,1-2H3,(H2,18,19). The van der Waals surface area contributed by atoms with Crippen molar-refractivity contribution >= 4 is 28.6 Å². The van der Waals surface area contributed by atoms with Gasteiger partial charge in [-0.3, -0.25) is 0 Å². The molecular weight excluding hydrogens is 286 g/mol. The zero-order chi connectivity index (χ0) is 15.0. The first-order chi connectivity index (χ1) is 10.1. The smallest absolute Gasteiger partial charge is 0.201 e. The second-order valence-electron chi connectivity index (χ2n) is 4.92. The minimum absolute atomic E-state index is 0.0714. The lowest BCUT2D eigenvalue weighted by atomic mass is 10.1. The molecule has 1 unspecified atom stereocenters. The number of methoxy groups -OCH3 is 1. The van der Waals surface area contributed by atoms with E-state index in [9.17, 15) is 0 Å². The number of benzene rings is 2. The number of nitrogens with zero attached hydrogens (tertiary/aromatic N) is 2. The first kappa shape index (κ1) is 13.8. The Morgan fingerprint density at radius 3 is 2.57 bits per heavy atom. The molecule has 0 fully saturated rings. The Labute approximate surface area is 128 Å². The maximum atomic E-state index is 6.08. The Hall–Kier alpha value is -2.20. The molecule has 1 heterocycles. The molecule has 0 aliphatic carbocycles. The van der Waals surface area contributed by atoms with Gasteiger partial charge in [-0.2, -0.15) is 0 Å². The van der Waals surface area contributed by atoms with Crippen molar-refractivity contribution in [2.45, 2.75) is 13.0 Å². The number of hydrogen-bond donors (Lipinski definition) is 1. The minimum Gasteiger partial charge on any atom is -0.497 e. The molecule has 0 radical (unpaired) electrons. The molecule has 108 valence electrons. The van der Waals surface area contributed by atoms with Crippen LogP contribution in [0.4, 0.5) is 5.95 Å². The molecule has 0 spiro atoms. The molecule has 2 N–H and O–H groups in total. The predicted octanol–water partition coefficient (Wildman–Crippen LogP) is 3.89. The van der Waals surface area contributed by atoms with E-state index in [0.717, 1.165) is 22.3 Å². The number of fused-ring (bicyclic) bond motifs is 1. The zero-order valence-corrected chi connectivity index (χ0v) is 12.6. The number of aromatic nitrogens is 2. The third-order valence-corrected chi connectivity index (χ3v) is 3.90. The number of halogens is 1. The van der Waals surface area contributed by atoms with E-state index < -0.39 is 0 Å². The molecule has 4 nitrogen and oxygen atoms in total. The van der Waals surface area contributed by atoms with Crippen LogP contribution in [0.25, 0.3) is 11.0 Å². The number of hydrogen-bond acceptors (Lipinski definition) is 3. The Morgan fingerprint density at radius 2 is 1.90 bits per heavy atom. The number of anilines is 1. The van der Waals surface area contributed by atoms with E-state index in [-0.39, 0.29) is 6.04 Å². The van der Waals surface area contributed by atoms with Gasteiger partial charge in [-0.05, 0) is 42.8 Å². The summed E-state index contributed by atoms with van der Waals surface area (Å²) in [5.41, 5.74) is 9.00. The van der Waals surface area contributed by atoms with Gasteiger partial charge in [0.15, 0.2) is 0 Å². The van der Waals surface area contributed by atoms with Crippen LogP contribution >= 0.6 is 11.6 Å². The molecule has 1 atom stereocenters. The molecule has 3 aromatic rings. The fourth-order valence-electron chi connectivity index (χ4n) is 2.53. The summed E-state index contributed by atoms with van der Waals surface area (Å²) in [5, 5.41) is 0.657. The normalized spacial score (nSPS) is 12.5. The number of ether oxygens (including phenoxy) is 1. The van der Waals surface area contributed by atoms with E-state index >= 15 is 0 Å². The summed E-state index contributed by atoms with van der Waals surface area (Å²) >= 11 is 6.01. The second-order valence-corrected chi connectivity index (χ2v) is 5.36. The van der Waals surface area contributed by atoms with Crippen molar-refractivity contribution in [3.8, 4) is 5.75 Å². The molecule has 0 saturated carbocycles. The van der Waals surface area contributed by atoms with Gasteiger partial charge in [0.1, 0.15) is 5.75 Å². The average Bonchev–Trinajstić information content (AvgIpc) is 2.81. The van der Waals surface area contributed by atoms with Crippen LogP contribution in [0, 0.1) is 0 Å². The van der Waals surface area contributed by atoms with E-state index in [0.29, 0.717) is 11.0 Å². The molecule has 0 bridgehead atoms. The lowest BCUT2D eigenvalue weighted by Crippen LogP contribution is -2.10. The molecule has 0 aliphatic heterocycles. The van der Waals surface area contributed by atoms with E-state index in [2.05, 4.69) is 11.9 Å². The quantitative estimate of drug-likeness (QED) is 0.798. The fraction of sp³-hybridized carbons (Fsp3) is 0.188. The Kier molecular flexibility index (Phi) is 3.47. The van der Waals surface area contributed by atoms with Crippen LogP contribution in [-0.2, 0) is 0 Å². The van der Waals surface area contributed by atoms with Crippen molar-refractivity contribution < 1.29 is 4.74 Å². The van der Waals surface area contributed by atoms with Crippen molar-refractivity contribution in [3.05, 3.63) is 53.1 Å². The fourth-order valence-corrected chi connectivity index (χ4v) is 2.70. The van der Waals surface area contributed by atoms with Gasteiger partial charge in [0.2, 0.25) is 5.95 Å². The summed E-state index contributed by atoms with van der Waals surface area (Å²) in [6, 6.07) is 13.6.